The Kier molecular flexibility index (Phi) is 2.50. The first-order valence-corrected chi connectivity index (χ1v) is 5.15. The lowest BCUT2D eigenvalue weighted by Gasteiger charge is -2.12. The SMILES string of the molecule is CC(C)(C)c1ncn(-c2cccc(F)c2)n1. The molecule has 0 N–H and O–H groups in total. The second-order valence-electron chi connectivity index (χ2n) is 4.74. The van der Waals surface area contributed by atoms with Crippen molar-refractivity contribution in [3.05, 3.63) is 42.2 Å². The fourth-order valence-electron chi connectivity index (χ4n) is 1.35. The summed E-state index contributed by atoms with van der Waals surface area (Å²) < 4.78 is 14.6. The molecule has 3 nitrogen and oxygen atoms in total. The van der Waals surface area contributed by atoms with Gasteiger partial charge in [0.25, 0.3) is 0 Å². The van der Waals surface area contributed by atoms with Crippen LogP contribution >= 0.6 is 0 Å². The van der Waals surface area contributed by atoms with Crippen molar-refractivity contribution < 1.29 is 4.39 Å². The highest BCUT2D eigenvalue weighted by Crippen LogP contribution is 2.18. The molecule has 0 aliphatic heterocycles. The topological polar surface area (TPSA) is 30.7 Å². The van der Waals surface area contributed by atoms with Gasteiger partial charge in [0.2, 0.25) is 0 Å². The predicted molar refractivity (Wildman–Crippen MR) is 60.0 cm³/mol. The van der Waals surface area contributed by atoms with Crippen LogP contribution in [0.3, 0.4) is 0 Å². The van der Waals surface area contributed by atoms with E-state index in [9.17, 15) is 4.39 Å². The van der Waals surface area contributed by atoms with Gasteiger partial charge in [0.1, 0.15) is 12.1 Å². The number of rotatable bonds is 1. The third-order valence-corrected chi connectivity index (χ3v) is 2.24. The molecule has 16 heavy (non-hydrogen) atoms. The van der Waals surface area contributed by atoms with Crippen molar-refractivity contribution in [2.45, 2.75) is 26.2 Å². The highest BCUT2D eigenvalue weighted by molar-refractivity contribution is 5.30. The van der Waals surface area contributed by atoms with Gasteiger partial charge in [-0.1, -0.05) is 26.8 Å². The Labute approximate surface area is 93.9 Å². The lowest BCUT2D eigenvalue weighted by molar-refractivity contribution is 0.543. The van der Waals surface area contributed by atoms with Gasteiger partial charge >= 0.3 is 0 Å². The fraction of sp³-hybridized carbons (Fsp3) is 0.333. The van der Waals surface area contributed by atoms with E-state index in [1.165, 1.54) is 12.1 Å². The van der Waals surface area contributed by atoms with Crippen molar-refractivity contribution in [1.29, 1.82) is 0 Å². The van der Waals surface area contributed by atoms with Gasteiger partial charge in [-0.15, -0.1) is 0 Å². The monoisotopic (exact) mass is 219 g/mol. The predicted octanol–water partition coefficient (Wildman–Crippen LogP) is 2.70. The molecule has 2 aromatic rings. The van der Waals surface area contributed by atoms with Gasteiger partial charge in [0.15, 0.2) is 5.82 Å². The molecule has 2 rings (SSSR count). The van der Waals surface area contributed by atoms with E-state index in [0.29, 0.717) is 5.69 Å². The number of aromatic nitrogens is 3. The van der Waals surface area contributed by atoms with E-state index < -0.39 is 0 Å². The zero-order valence-corrected chi connectivity index (χ0v) is 9.61. The lowest BCUT2D eigenvalue weighted by Crippen LogP contribution is -2.14. The average Bonchev–Trinajstić information content (AvgIpc) is 2.65. The van der Waals surface area contributed by atoms with Gasteiger partial charge in [0.05, 0.1) is 5.69 Å². The number of benzene rings is 1. The van der Waals surface area contributed by atoms with Crippen molar-refractivity contribution in [3.63, 3.8) is 0 Å². The van der Waals surface area contributed by atoms with Crippen LogP contribution in [0.15, 0.2) is 30.6 Å². The van der Waals surface area contributed by atoms with Crippen molar-refractivity contribution in [3.8, 4) is 5.69 Å². The Morgan fingerprint density at radius 3 is 2.56 bits per heavy atom. The minimum atomic E-state index is -0.273. The molecule has 0 saturated heterocycles. The summed E-state index contributed by atoms with van der Waals surface area (Å²) in [5.41, 5.74) is 0.585. The molecule has 1 heterocycles. The first-order chi connectivity index (χ1) is 7.47. The summed E-state index contributed by atoms with van der Waals surface area (Å²) in [6.45, 7) is 6.12. The van der Waals surface area contributed by atoms with Crippen LogP contribution in [0.5, 0.6) is 0 Å². The Bertz CT molecular complexity index is 497. The summed E-state index contributed by atoms with van der Waals surface area (Å²) in [6.07, 6.45) is 1.61. The molecule has 0 amide bonds. The molecule has 0 radical (unpaired) electrons. The van der Waals surface area contributed by atoms with Crippen LogP contribution < -0.4 is 0 Å². The second kappa shape index (κ2) is 3.70. The maximum atomic E-state index is 13.0. The molecule has 84 valence electrons. The molecular formula is C12H14FN3. The van der Waals surface area contributed by atoms with Crippen LogP contribution in [0.25, 0.3) is 5.69 Å². The first-order valence-electron chi connectivity index (χ1n) is 5.15. The molecule has 0 atom stereocenters. The minimum Gasteiger partial charge on any atom is -0.221 e. The zero-order chi connectivity index (χ0) is 11.8. The molecule has 1 aromatic carbocycles. The lowest BCUT2D eigenvalue weighted by atomic mass is 9.96. The standard InChI is InChI=1S/C12H14FN3/c1-12(2,3)11-14-8-16(15-11)10-6-4-5-9(13)7-10/h4-8H,1-3H3. The fourth-order valence-corrected chi connectivity index (χ4v) is 1.35. The molecule has 0 saturated carbocycles. The molecular weight excluding hydrogens is 205 g/mol. The van der Waals surface area contributed by atoms with Crippen molar-refractivity contribution in [2.24, 2.45) is 0 Å². The Morgan fingerprint density at radius 1 is 1.25 bits per heavy atom. The van der Waals surface area contributed by atoms with Crippen LogP contribution in [0, 0.1) is 5.82 Å². The summed E-state index contributed by atoms with van der Waals surface area (Å²) in [6, 6.07) is 6.29. The van der Waals surface area contributed by atoms with Gasteiger partial charge < -0.3 is 0 Å². The zero-order valence-electron chi connectivity index (χ0n) is 9.61. The first kappa shape index (κ1) is 10.8. The van der Waals surface area contributed by atoms with Crippen molar-refractivity contribution in [2.75, 3.05) is 0 Å². The number of hydrogen-bond acceptors (Lipinski definition) is 2. The Balaban J connectivity index is 2.39. The van der Waals surface area contributed by atoms with Gasteiger partial charge in [-0.3, -0.25) is 0 Å². The van der Waals surface area contributed by atoms with E-state index >= 15 is 0 Å². The highest BCUT2D eigenvalue weighted by Gasteiger charge is 2.18. The van der Waals surface area contributed by atoms with Crippen LogP contribution in [-0.2, 0) is 5.41 Å². The summed E-state index contributed by atoms with van der Waals surface area (Å²) in [5, 5.41) is 4.33. The molecule has 1 aromatic heterocycles. The van der Waals surface area contributed by atoms with Crippen molar-refractivity contribution in [1.82, 2.24) is 14.8 Å². The molecule has 0 unspecified atom stereocenters. The largest absolute Gasteiger partial charge is 0.221 e. The molecule has 0 spiro atoms. The molecule has 0 aliphatic rings. The molecule has 0 bridgehead atoms. The summed E-state index contributed by atoms with van der Waals surface area (Å²) >= 11 is 0. The average molecular weight is 219 g/mol. The van der Waals surface area contributed by atoms with Crippen molar-refractivity contribution >= 4 is 0 Å². The summed E-state index contributed by atoms with van der Waals surface area (Å²) in [7, 11) is 0. The summed E-state index contributed by atoms with van der Waals surface area (Å²) in [5.74, 6) is 0.474. The quantitative estimate of drug-likeness (QED) is 0.738. The number of halogens is 1. The van der Waals surface area contributed by atoms with E-state index in [4.69, 9.17) is 0 Å². The Hall–Kier alpha value is -1.71. The second-order valence-corrected chi connectivity index (χ2v) is 4.74. The smallest absolute Gasteiger partial charge is 0.156 e. The van der Waals surface area contributed by atoms with Crippen LogP contribution in [0.2, 0.25) is 0 Å². The van der Waals surface area contributed by atoms with E-state index in [2.05, 4.69) is 10.1 Å². The number of hydrogen-bond donors (Lipinski definition) is 0. The molecule has 4 heteroatoms. The third kappa shape index (κ3) is 2.10. The molecule has 0 aliphatic carbocycles. The van der Waals surface area contributed by atoms with Gasteiger partial charge in [0, 0.05) is 5.41 Å². The van der Waals surface area contributed by atoms with Crippen LogP contribution in [0.1, 0.15) is 26.6 Å². The highest BCUT2D eigenvalue weighted by atomic mass is 19.1. The Morgan fingerprint density at radius 2 is 2.00 bits per heavy atom. The van der Waals surface area contributed by atoms with Gasteiger partial charge in [-0.05, 0) is 18.2 Å². The van der Waals surface area contributed by atoms with E-state index in [0.717, 1.165) is 5.82 Å². The molecule has 0 fully saturated rings. The van der Waals surface area contributed by atoms with Crippen LogP contribution in [-0.4, -0.2) is 14.8 Å². The van der Waals surface area contributed by atoms with Crippen LogP contribution in [0.4, 0.5) is 4.39 Å². The number of nitrogens with zero attached hydrogens (tertiary/aromatic N) is 3. The van der Waals surface area contributed by atoms with Gasteiger partial charge in [-0.2, -0.15) is 5.10 Å². The normalized spacial score (nSPS) is 11.8. The van der Waals surface area contributed by atoms with E-state index in [1.807, 2.05) is 20.8 Å². The summed E-state index contributed by atoms with van der Waals surface area (Å²) in [4.78, 5) is 4.22. The van der Waals surface area contributed by atoms with E-state index in [1.54, 1.807) is 23.1 Å². The minimum absolute atomic E-state index is 0.0986. The maximum absolute atomic E-state index is 13.0. The van der Waals surface area contributed by atoms with E-state index in [-0.39, 0.29) is 11.2 Å². The maximum Gasteiger partial charge on any atom is 0.156 e. The van der Waals surface area contributed by atoms with Gasteiger partial charge in [-0.25, -0.2) is 14.1 Å². The third-order valence-electron chi connectivity index (χ3n) is 2.24.